The first-order valence-corrected chi connectivity index (χ1v) is 11.1. The van der Waals surface area contributed by atoms with Gasteiger partial charge in [-0.2, -0.15) is 0 Å². The number of hydrogen-bond acceptors (Lipinski definition) is 8. The highest BCUT2D eigenvalue weighted by molar-refractivity contribution is 6.12. The topological polar surface area (TPSA) is 111 Å². The highest BCUT2D eigenvalue weighted by Crippen LogP contribution is 2.46. The van der Waals surface area contributed by atoms with Crippen molar-refractivity contribution in [2.24, 2.45) is 11.8 Å². The summed E-state index contributed by atoms with van der Waals surface area (Å²) in [4.78, 5) is 39.3. The molecule has 0 unspecified atom stereocenters. The maximum Gasteiger partial charge on any atom is 0.337 e. The zero-order valence-electron chi connectivity index (χ0n) is 19.9. The van der Waals surface area contributed by atoms with E-state index in [1.165, 1.54) is 13.2 Å². The normalized spacial score (nSPS) is 22.6. The standard InChI is InChI=1S/C25H31NO7/c1-7-32-18-11-15(8-9-17(18)27)21-20(25(30)33-12(2)3)14(5)26-16-10-13(4)19(24(29)31-6)23(28)22(16)21/h8-9,11-13,19,21,26-27H,7,10H2,1-6H3/t13-,19+,21+/m1/s1. The van der Waals surface area contributed by atoms with Crippen LogP contribution in [-0.4, -0.2) is 42.6 Å². The molecule has 0 spiro atoms. The van der Waals surface area contributed by atoms with Gasteiger partial charge in [-0.1, -0.05) is 13.0 Å². The minimum absolute atomic E-state index is 0.0493. The smallest absolute Gasteiger partial charge is 0.337 e. The van der Waals surface area contributed by atoms with E-state index in [4.69, 9.17) is 14.2 Å². The number of ether oxygens (including phenoxy) is 3. The number of carbonyl (C=O) groups is 3. The minimum Gasteiger partial charge on any atom is -0.504 e. The molecule has 2 N–H and O–H groups in total. The van der Waals surface area contributed by atoms with Crippen LogP contribution in [0.25, 0.3) is 0 Å². The predicted octanol–water partition coefficient (Wildman–Crippen LogP) is 3.36. The molecule has 1 aromatic carbocycles. The van der Waals surface area contributed by atoms with Gasteiger partial charge >= 0.3 is 11.9 Å². The van der Waals surface area contributed by atoms with E-state index in [1.807, 2.05) is 6.92 Å². The second-order valence-corrected chi connectivity index (χ2v) is 8.65. The molecular weight excluding hydrogens is 426 g/mol. The zero-order valence-corrected chi connectivity index (χ0v) is 19.9. The molecule has 0 saturated carbocycles. The van der Waals surface area contributed by atoms with Crippen LogP contribution in [-0.2, 0) is 23.9 Å². The van der Waals surface area contributed by atoms with Crippen LogP contribution in [0.15, 0.2) is 40.7 Å². The van der Waals surface area contributed by atoms with Crippen LogP contribution < -0.4 is 10.1 Å². The highest BCUT2D eigenvalue weighted by Gasteiger charge is 2.47. The van der Waals surface area contributed by atoms with Crippen LogP contribution >= 0.6 is 0 Å². The van der Waals surface area contributed by atoms with Gasteiger partial charge in [0.05, 0.1) is 25.4 Å². The number of allylic oxidation sites excluding steroid dienone is 3. The lowest BCUT2D eigenvalue weighted by Crippen LogP contribution is -2.43. The first-order valence-electron chi connectivity index (χ1n) is 11.1. The molecule has 0 amide bonds. The summed E-state index contributed by atoms with van der Waals surface area (Å²) in [6.07, 6.45) is 0.0787. The molecule has 0 fully saturated rings. The molecule has 0 bridgehead atoms. The Morgan fingerprint density at radius 1 is 1.27 bits per heavy atom. The van der Waals surface area contributed by atoms with E-state index in [-0.39, 0.29) is 34.9 Å². The third-order valence-corrected chi connectivity index (χ3v) is 5.92. The number of phenolic OH excluding ortho intramolecular Hbond substituents is 1. The quantitative estimate of drug-likeness (QED) is 0.494. The lowest BCUT2D eigenvalue weighted by Gasteiger charge is -2.38. The molecule has 178 valence electrons. The second kappa shape index (κ2) is 9.68. The van der Waals surface area contributed by atoms with Crippen molar-refractivity contribution in [2.45, 2.75) is 53.1 Å². The number of rotatable bonds is 6. The molecular formula is C25H31NO7. The van der Waals surface area contributed by atoms with E-state index in [0.29, 0.717) is 35.6 Å². The van der Waals surface area contributed by atoms with E-state index < -0.39 is 23.8 Å². The largest absolute Gasteiger partial charge is 0.504 e. The third-order valence-electron chi connectivity index (χ3n) is 5.92. The minimum atomic E-state index is -0.970. The fourth-order valence-corrected chi connectivity index (χ4v) is 4.54. The monoisotopic (exact) mass is 457 g/mol. The Labute approximate surface area is 193 Å². The molecule has 1 heterocycles. The summed E-state index contributed by atoms with van der Waals surface area (Å²) in [5.41, 5.74) is 2.43. The number of benzene rings is 1. The first kappa shape index (κ1) is 24.4. The molecule has 2 aliphatic rings. The number of Topliss-reactive ketones (excluding diaryl/α,β-unsaturated/α-hetero) is 1. The van der Waals surface area contributed by atoms with Crippen LogP contribution in [0.5, 0.6) is 11.5 Å². The van der Waals surface area contributed by atoms with E-state index in [2.05, 4.69) is 5.32 Å². The molecule has 0 aromatic heterocycles. The fourth-order valence-electron chi connectivity index (χ4n) is 4.54. The van der Waals surface area contributed by atoms with E-state index in [1.54, 1.807) is 39.8 Å². The Morgan fingerprint density at radius 3 is 2.58 bits per heavy atom. The van der Waals surface area contributed by atoms with Gasteiger partial charge in [-0.3, -0.25) is 9.59 Å². The molecule has 3 atom stereocenters. The molecule has 1 aliphatic heterocycles. The molecule has 8 heteroatoms. The summed E-state index contributed by atoms with van der Waals surface area (Å²) >= 11 is 0. The van der Waals surface area contributed by atoms with Crippen molar-refractivity contribution in [3.63, 3.8) is 0 Å². The maximum atomic E-state index is 13.7. The van der Waals surface area contributed by atoms with Gasteiger partial charge in [0.2, 0.25) is 0 Å². The lowest BCUT2D eigenvalue weighted by atomic mass is 9.69. The SMILES string of the molecule is CCOc1cc([C@H]2C(C(=O)OC(C)C)=C(C)NC3=C2C(=O)[C@@H](C(=O)OC)[C@H](C)C3)ccc1O. The van der Waals surface area contributed by atoms with Gasteiger partial charge < -0.3 is 24.6 Å². The van der Waals surface area contributed by atoms with E-state index in [9.17, 15) is 19.5 Å². The van der Waals surface area contributed by atoms with Crippen molar-refractivity contribution in [3.8, 4) is 11.5 Å². The number of ketones is 1. The van der Waals surface area contributed by atoms with Crippen molar-refractivity contribution in [2.75, 3.05) is 13.7 Å². The van der Waals surface area contributed by atoms with E-state index in [0.717, 1.165) is 0 Å². The number of hydrogen-bond donors (Lipinski definition) is 2. The Balaban J connectivity index is 2.22. The summed E-state index contributed by atoms with van der Waals surface area (Å²) in [5.74, 6) is -3.39. The summed E-state index contributed by atoms with van der Waals surface area (Å²) in [5, 5.41) is 13.4. The number of nitrogens with one attached hydrogen (secondary N) is 1. The van der Waals surface area contributed by atoms with Crippen molar-refractivity contribution in [1.82, 2.24) is 5.32 Å². The Hall–Kier alpha value is -3.29. The van der Waals surface area contributed by atoms with Crippen LogP contribution in [0.4, 0.5) is 0 Å². The van der Waals surface area contributed by atoms with Crippen LogP contribution in [0.1, 0.15) is 52.5 Å². The number of aromatic hydroxyl groups is 1. The molecule has 0 radical (unpaired) electrons. The molecule has 1 aromatic rings. The van der Waals surface area contributed by atoms with Crippen molar-refractivity contribution < 1.29 is 33.7 Å². The molecule has 8 nitrogen and oxygen atoms in total. The first-order chi connectivity index (χ1) is 15.6. The lowest BCUT2D eigenvalue weighted by molar-refractivity contribution is -0.151. The van der Waals surface area contributed by atoms with Gasteiger partial charge in [0.1, 0.15) is 5.92 Å². The Morgan fingerprint density at radius 2 is 1.97 bits per heavy atom. The fraction of sp³-hybridized carbons (Fsp3) is 0.480. The number of phenols is 1. The Kier molecular flexibility index (Phi) is 7.15. The Bertz CT molecular complexity index is 1040. The van der Waals surface area contributed by atoms with Crippen molar-refractivity contribution in [3.05, 3.63) is 46.3 Å². The second-order valence-electron chi connectivity index (χ2n) is 8.65. The van der Waals surface area contributed by atoms with E-state index >= 15 is 0 Å². The average molecular weight is 458 g/mol. The molecule has 3 rings (SSSR count). The van der Waals surface area contributed by atoms with Gasteiger partial charge in [0, 0.05) is 22.9 Å². The maximum absolute atomic E-state index is 13.7. The van der Waals surface area contributed by atoms with Crippen LogP contribution in [0.2, 0.25) is 0 Å². The average Bonchev–Trinajstić information content (AvgIpc) is 2.73. The van der Waals surface area contributed by atoms with Crippen LogP contribution in [0, 0.1) is 11.8 Å². The van der Waals surface area contributed by atoms with Gasteiger partial charge in [-0.15, -0.1) is 0 Å². The van der Waals surface area contributed by atoms with Gasteiger partial charge in [-0.25, -0.2) is 4.79 Å². The summed E-state index contributed by atoms with van der Waals surface area (Å²) in [6.45, 7) is 9.21. The van der Waals surface area contributed by atoms with Gasteiger partial charge in [0.25, 0.3) is 0 Å². The van der Waals surface area contributed by atoms with Crippen molar-refractivity contribution >= 4 is 17.7 Å². The summed E-state index contributed by atoms with van der Waals surface area (Å²) in [6, 6.07) is 4.73. The number of methoxy groups -OCH3 is 1. The zero-order chi connectivity index (χ0) is 24.4. The molecule has 33 heavy (non-hydrogen) atoms. The molecule has 0 saturated heterocycles. The number of carbonyl (C=O) groups excluding carboxylic acids is 3. The molecule has 1 aliphatic carbocycles. The number of dihydropyridines is 1. The number of esters is 2. The predicted molar refractivity (Wildman–Crippen MR) is 120 cm³/mol. The van der Waals surface area contributed by atoms with Crippen LogP contribution in [0.3, 0.4) is 0 Å². The van der Waals surface area contributed by atoms with Gasteiger partial charge in [0.15, 0.2) is 17.3 Å². The summed E-state index contributed by atoms with van der Waals surface area (Å²) in [7, 11) is 1.26. The highest BCUT2D eigenvalue weighted by atomic mass is 16.5. The summed E-state index contributed by atoms with van der Waals surface area (Å²) < 4.78 is 15.9. The van der Waals surface area contributed by atoms with Crippen molar-refractivity contribution in [1.29, 1.82) is 0 Å². The van der Waals surface area contributed by atoms with Gasteiger partial charge in [-0.05, 0) is 57.7 Å². The third kappa shape index (κ3) is 4.60.